The zero-order valence-electron chi connectivity index (χ0n) is 13.7. The molecule has 0 aromatic carbocycles. The summed E-state index contributed by atoms with van der Waals surface area (Å²) in [5, 5.41) is 1.68. The van der Waals surface area contributed by atoms with Crippen molar-refractivity contribution < 1.29 is 9.59 Å². The minimum absolute atomic E-state index is 0.199. The first-order valence-electron chi connectivity index (χ1n) is 7.84. The number of hydrogen-bond acceptors (Lipinski definition) is 4. The molecule has 2 heterocycles. The average molecular weight is 315 g/mol. The Bertz CT molecular complexity index is 777. The molecule has 6 nitrogen and oxygen atoms in total. The van der Waals surface area contributed by atoms with Gasteiger partial charge in [0.25, 0.3) is 5.56 Å². The molecule has 6 heteroatoms. The molecule has 0 fully saturated rings. The second-order valence-corrected chi connectivity index (χ2v) is 5.46. The van der Waals surface area contributed by atoms with E-state index >= 15 is 0 Å². The van der Waals surface area contributed by atoms with Crippen LogP contribution in [0, 0.1) is 6.92 Å². The molecule has 0 N–H and O–H groups in total. The lowest BCUT2D eigenvalue weighted by molar-refractivity contribution is -0.129. The number of aromatic nitrogens is 2. The largest absolute Gasteiger partial charge is 0.274 e. The fourth-order valence-corrected chi connectivity index (χ4v) is 2.44. The highest BCUT2D eigenvalue weighted by atomic mass is 16.2. The van der Waals surface area contributed by atoms with Gasteiger partial charge in [-0.25, -0.2) is 4.98 Å². The summed E-state index contributed by atoms with van der Waals surface area (Å²) in [5.74, 6) is -0.767. The molecule has 2 aromatic rings. The molecule has 2 aromatic heterocycles. The molecular weight excluding hydrogens is 294 g/mol. The van der Waals surface area contributed by atoms with E-state index < -0.39 is 5.56 Å². The minimum Gasteiger partial charge on any atom is -0.273 e. The molecule has 0 bridgehead atoms. The van der Waals surface area contributed by atoms with Crippen LogP contribution in [0.5, 0.6) is 0 Å². The summed E-state index contributed by atoms with van der Waals surface area (Å²) < 4.78 is 1.13. The van der Waals surface area contributed by atoms with E-state index in [0.717, 1.165) is 9.69 Å². The van der Waals surface area contributed by atoms with Gasteiger partial charge in [0, 0.05) is 30.0 Å². The Morgan fingerprint density at radius 1 is 1.17 bits per heavy atom. The maximum atomic E-state index is 12.6. The number of amides is 2. The second kappa shape index (κ2) is 7.17. The Labute approximate surface area is 134 Å². The van der Waals surface area contributed by atoms with Crippen LogP contribution in [0.4, 0.5) is 0 Å². The van der Waals surface area contributed by atoms with E-state index in [1.54, 1.807) is 31.3 Å². The van der Waals surface area contributed by atoms with Crippen molar-refractivity contribution >= 4 is 22.8 Å². The third kappa shape index (κ3) is 3.31. The zero-order valence-corrected chi connectivity index (χ0v) is 13.7. The number of pyridine rings is 2. The molecule has 0 radical (unpaired) electrons. The van der Waals surface area contributed by atoms with E-state index in [9.17, 15) is 14.4 Å². The standard InChI is InChI=1S/C17H21N3O3/c1-4-7-14(21)19(15(22)8-5-2)20-16-13(9-6-10-18-16)11-12(3)17(20)23/h6,9-11H,4-5,7-8H2,1-3H3. The van der Waals surface area contributed by atoms with Gasteiger partial charge in [-0.05, 0) is 38.0 Å². The van der Waals surface area contributed by atoms with Crippen molar-refractivity contribution in [1.29, 1.82) is 0 Å². The van der Waals surface area contributed by atoms with E-state index in [0.29, 0.717) is 29.4 Å². The Hall–Kier alpha value is -2.50. The Morgan fingerprint density at radius 2 is 1.78 bits per heavy atom. The first-order chi connectivity index (χ1) is 11.0. The molecule has 0 atom stereocenters. The number of nitrogens with zero attached hydrogens (tertiary/aromatic N) is 3. The predicted octanol–water partition coefficient (Wildman–Crippen LogP) is 2.30. The molecule has 0 aliphatic carbocycles. The highest BCUT2D eigenvalue weighted by Gasteiger charge is 2.25. The summed E-state index contributed by atoms with van der Waals surface area (Å²) in [6.45, 7) is 5.38. The third-order valence-electron chi connectivity index (χ3n) is 3.52. The topological polar surface area (TPSA) is 72.3 Å². The fourth-order valence-electron chi connectivity index (χ4n) is 2.44. The van der Waals surface area contributed by atoms with Gasteiger partial charge in [-0.2, -0.15) is 9.69 Å². The number of carbonyl (C=O) groups excluding carboxylic acids is 2. The maximum Gasteiger partial charge on any atom is 0.274 e. The highest BCUT2D eigenvalue weighted by Crippen LogP contribution is 2.13. The highest BCUT2D eigenvalue weighted by molar-refractivity contribution is 6.09. The van der Waals surface area contributed by atoms with Crippen LogP contribution >= 0.6 is 0 Å². The number of aryl methyl sites for hydroxylation is 1. The van der Waals surface area contributed by atoms with E-state index in [1.165, 1.54) is 0 Å². The lowest BCUT2D eigenvalue weighted by Crippen LogP contribution is -2.51. The van der Waals surface area contributed by atoms with Crippen molar-refractivity contribution in [3.63, 3.8) is 0 Å². The van der Waals surface area contributed by atoms with Gasteiger partial charge in [0.15, 0.2) is 5.65 Å². The van der Waals surface area contributed by atoms with E-state index in [-0.39, 0.29) is 24.7 Å². The molecule has 23 heavy (non-hydrogen) atoms. The van der Waals surface area contributed by atoms with Crippen LogP contribution in [0.2, 0.25) is 0 Å². The van der Waals surface area contributed by atoms with Crippen LogP contribution in [0.25, 0.3) is 11.0 Å². The average Bonchev–Trinajstić information content (AvgIpc) is 2.52. The maximum absolute atomic E-state index is 12.6. The van der Waals surface area contributed by atoms with Crippen molar-refractivity contribution in [2.45, 2.75) is 46.5 Å². The normalized spacial score (nSPS) is 10.7. The van der Waals surface area contributed by atoms with Crippen molar-refractivity contribution in [2.24, 2.45) is 0 Å². The van der Waals surface area contributed by atoms with Crippen molar-refractivity contribution in [3.8, 4) is 0 Å². The predicted molar refractivity (Wildman–Crippen MR) is 88.8 cm³/mol. The van der Waals surface area contributed by atoms with Gasteiger partial charge in [-0.1, -0.05) is 13.8 Å². The molecule has 0 aliphatic rings. The van der Waals surface area contributed by atoms with Crippen LogP contribution in [-0.2, 0) is 9.59 Å². The zero-order chi connectivity index (χ0) is 17.0. The van der Waals surface area contributed by atoms with Gasteiger partial charge < -0.3 is 0 Å². The van der Waals surface area contributed by atoms with Crippen LogP contribution in [0.15, 0.2) is 29.2 Å². The van der Waals surface area contributed by atoms with Crippen molar-refractivity contribution in [3.05, 3.63) is 40.3 Å². The van der Waals surface area contributed by atoms with Crippen LogP contribution < -0.4 is 10.6 Å². The number of imide groups is 1. The van der Waals surface area contributed by atoms with Crippen molar-refractivity contribution in [1.82, 2.24) is 9.66 Å². The number of rotatable bonds is 5. The summed E-state index contributed by atoms with van der Waals surface area (Å²) in [4.78, 5) is 41.8. The van der Waals surface area contributed by atoms with Gasteiger partial charge in [-0.3, -0.25) is 14.4 Å². The lowest BCUT2D eigenvalue weighted by Gasteiger charge is -2.24. The molecular formula is C17H21N3O3. The smallest absolute Gasteiger partial charge is 0.273 e. The molecule has 2 rings (SSSR count). The summed E-state index contributed by atoms with van der Waals surface area (Å²) in [5.41, 5.74) is 0.381. The minimum atomic E-state index is -0.398. The second-order valence-electron chi connectivity index (χ2n) is 5.46. The summed E-state index contributed by atoms with van der Waals surface area (Å²) in [7, 11) is 0. The Kier molecular flexibility index (Phi) is 5.26. The first-order valence-corrected chi connectivity index (χ1v) is 7.84. The quantitative estimate of drug-likeness (QED) is 0.848. The molecule has 122 valence electrons. The Balaban J connectivity index is 2.73. The summed E-state index contributed by atoms with van der Waals surface area (Å²) in [6.07, 6.45) is 3.13. The van der Waals surface area contributed by atoms with Gasteiger partial charge >= 0.3 is 0 Å². The van der Waals surface area contributed by atoms with E-state index in [4.69, 9.17) is 0 Å². The lowest BCUT2D eigenvalue weighted by atomic mass is 10.2. The van der Waals surface area contributed by atoms with Crippen LogP contribution in [0.3, 0.4) is 0 Å². The van der Waals surface area contributed by atoms with Gasteiger partial charge in [0.2, 0.25) is 11.8 Å². The molecule has 0 spiro atoms. The first kappa shape index (κ1) is 16.9. The molecule has 0 unspecified atom stereocenters. The van der Waals surface area contributed by atoms with E-state index in [1.807, 2.05) is 13.8 Å². The third-order valence-corrected chi connectivity index (χ3v) is 3.52. The fraction of sp³-hybridized carbons (Fsp3) is 0.412. The van der Waals surface area contributed by atoms with E-state index in [2.05, 4.69) is 4.98 Å². The number of hydrogen-bond donors (Lipinski definition) is 0. The van der Waals surface area contributed by atoms with Crippen LogP contribution in [-0.4, -0.2) is 21.5 Å². The molecule has 2 amide bonds. The SMILES string of the molecule is CCCC(=O)N(C(=O)CCC)n1c(=O)c(C)cc2cccnc21. The number of carbonyl (C=O) groups is 2. The summed E-state index contributed by atoms with van der Waals surface area (Å²) in [6, 6.07) is 5.27. The van der Waals surface area contributed by atoms with Gasteiger partial charge in [0.05, 0.1) is 0 Å². The monoisotopic (exact) mass is 315 g/mol. The number of fused-ring (bicyclic) bond motifs is 1. The molecule has 0 aliphatic heterocycles. The van der Waals surface area contributed by atoms with Crippen molar-refractivity contribution in [2.75, 3.05) is 5.01 Å². The van der Waals surface area contributed by atoms with Crippen LogP contribution in [0.1, 0.15) is 45.1 Å². The molecule has 0 saturated heterocycles. The van der Waals surface area contributed by atoms with Gasteiger partial charge in [0.1, 0.15) is 0 Å². The molecule has 0 saturated carbocycles. The summed E-state index contributed by atoms with van der Waals surface area (Å²) >= 11 is 0. The van der Waals surface area contributed by atoms with Gasteiger partial charge in [-0.15, -0.1) is 0 Å². The Morgan fingerprint density at radius 3 is 2.35 bits per heavy atom.